The zero-order chi connectivity index (χ0) is 10.3. The highest BCUT2D eigenvalue weighted by atomic mass is 16.2. The number of carbonyl (C=O) groups excluding carboxylic acids is 3. The molecule has 2 aliphatic rings. The van der Waals surface area contributed by atoms with E-state index in [9.17, 15) is 14.4 Å². The van der Waals surface area contributed by atoms with Gasteiger partial charge in [-0.2, -0.15) is 0 Å². The maximum absolute atomic E-state index is 11.4. The molecule has 2 rings (SSSR count). The summed E-state index contributed by atoms with van der Waals surface area (Å²) in [5.74, 6) is -0.632. The van der Waals surface area contributed by atoms with E-state index in [2.05, 4.69) is 10.6 Å². The van der Waals surface area contributed by atoms with Gasteiger partial charge in [0.1, 0.15) is 6.04 Å². The standard InChI is InChI=1S/C8H11N3O3/c1-4-3-11-5(7(13)9-4)2-6(12)10-8(11)14/h4-5H,2-3H2,1H3,(H,9,13)(H,10,12,14). The van der Waals surface area contributed by atoms with E-state index in [1.165, 1.54) is 4.90 Å². The fourth-order valence-electron chi connectivity index (χ4n) is 1.79. The summed E-state index contributed by atoms with van der Waals surface area (Å²) in [5, 5.41) is 4.89. The average Bonchev–Trinajstić information content (AvgIpc) is 2.07. The molecule has 76 valence electrons. The van der Waals surface area contributed by atoms with Gasteiger partial charge in [0.25, 0.3) is 0 Å². The number of hydrogen-bond acceptors (Lipinski definition) is 3. The minimum Gasteiger partial charge on any atom is -0.350 e. The van der Waals surface area contributed by atoms with Crippen LogP contribution in [0.1, 0.15) is 13.3 Å². The number of amides is 4. The number of fused-ring (bicyclic) bond motifs is 1. The molecule has 2 N–H and O–H groups in total. The van der Waals surface area contributed by atoms with Crippen molar-refractivity contribution >= 4 is 17.8 Å². The van der Waals surface area contributed by atoms with Gasteiger partial charge in [-0.25, -0.2) is 4.79 Å². The molecule has 2 aliphatic heterocycles. The number of imide groups is 1. The van der Waals surface area contributed by atoms with Crippen molar-refractivity contribution in [3.05, 3.63) is 0 Å². The van der Waals surface area contributed by atoms with Gasteiger partial charge in [-0.15, -0.1) is 0 Å². The molecule has 2 heterocycles. The van der Waals surface area contributed by atoms with Crippen LogP contribution in [0.2, 0.25) is 0 Å². The van der Waals surface area contributed by atoms with E-state index in [4.69, 9.17) is 0 Å². The third kappa shape index (κ3) is 1.32. The SMILES string of the molecule is CC1CN2C(=O)NC(=O)CC2C(=O)N1. The first kappa shape index (κ1) is 8.98. The predicted octanol–water partition coefficient (Wildman–Crippen LogP) is -1.18. The Morgan fingerprint density at radius 3 is 2.79 bits per heavy atom. The summed E-state index contributed by atoms with van der Waals surface area (Å²) in [6.07, 6.45) is 0.0598. The number of urea groups is 1. The Morgan fingerprint density at radius 2 is 2.07 bits per heavy atom. The van der Waals surface area contributed by atoms with E-state index in [0.29, 0.717) is 6.54 Å². The Labute approximate surface area is 80.6 Å². The summed E-state index contributed by atoms with van der Waals surface area (Å²) in [7, 11) is 0. The summed E-state index contributed by atoms with van der Waals surface area (Å²) in [6.45, 7) is 2.27. The second-order valence-electron chi connectivity index (χ2n) is 3.64. The van der Waals surface area contributed by atoms with Gasteiger partial charge < -0.3 is 10.2 Å². The number of carbonyl (C=O) groups is 3. The zero-order valence-electron chi connectivity index (χ0n) is 7.74. The van der Waals surface area contributed by atoms with Crippen LogP contribution in [-0.2, 0) is 9.59 Å². The minimum atomic E-state index is -0.618. The Hall–Kier alpha value is -1.59. The van der Waals surface area contributed by atoms with Crippen molar-refractivity contribution in [2.75, 3.05) is 6.54 Å². The van der Waals surface area contributed by atoms with Gasteiger partial charge in [-0.3, -0.25) is 14.9 Å². The van der Waals surface area contributed by atoms with E-state index in [1.807, 2.05) is 6.92 Å². The largest absolute Gasteiger partial charge is 0.350 e. The average molecular weight is 197 g/mol. The van der Waals surface area contributed by atoms with Gasteiger partial charge in [-0.1, -0.05) is 0 Å². The summed E-state index contributed by atoms with van der Waals surface area (Å²) < 4.78 is 0. The fourth-order valence-corrected chi connectivity index (χ4v) is 1.79. The molecule has 0 bridgehead atoms. The van der Waals surface area contributed by atoms with Crippen LogP contribution in [0.4, 0.5) is 4.79 Å². The highest BCUT2D eigenvalue weighted by molar-refractivity contribution is 6.03. The molecular formula is C8H11N3O3. The molecule has 0 spiro atoms. The molecule has 0 aliphatic carbocycles. The lowest BCUT2D eigenvalue weighted by Crippen LogP contribution is -2.66. The molecule has 4 amide bonds. The van der Waals surface area contributed by atoms with Gasteiger partial charge in [0.05, 0.1) is 6.42 Å². The van der Waals surface area contributed by atoms with Crippen molar-refractivity contribution in [2.24, 2.45) is 0 Å². The van der Waals surface area contributed by atoms with Crippen LogP contribution in [0.5, 0.6) is 0 Å². The van der Waals surface area contributed by atoms with E-state index in [0.717, 1.165) is 0 Å². The van der Waals surface area contributed by atoms with E-state index >= 15 is 0 Å². The zero-order valence-corrected chi connectivity index (χ0v) is 7.74. The Balaban J connectivity index is 2.22. The summed E-state index contributed by atoms with van der Waals surface area (Å²) in [4.78, 5) is 35.2. The van der Waals surface area contributed by atoms with Crippen LogP contribution in [0.15, 0.2) is 0 Å². The van der Waals surface area contributed by atoms with Gasteiger partial charge in [0.2, 0.25) is 11.8 Å². The minimum absolute atomic E-state index is 0.0577. The van der Waals surface area contributed by atoms with Gasteiger partial charge in [0.15, 0.2) is 0 Å². The van der Waals surface area contributed by atoms with Crippen molar-refractivity contribution < 1.29 is 14.4 Å². The molecule has 2 unspecified atom stereocenters. The second-order valence-corrected chi connectivity index (χ2v) is 3.64. The number of piperazine rings is 1. The normalized spacial score (nSPS) is 32.1. The summed E-state index contributed by atoms with van der Waals surface area (Å²) in [6, 6.07) is -1.14. The van der Waals surface area contributed by atoms with Crippen LogP contribution in [0.3, 0.4) is 0 Å². The summed E-state index contributed by atoms with van der Waals surface area (Å²) >= 11 is 0. The number of nitrogens with one attached hydrogen (secondary N) is 2. The van der Waals surface area contributed by atoms with E-state index in [1.54, 1.807) is 0 Å². The van der Waals surface area contributed by atoms with Crippen molar-refractivity contribution in [3.63, 3.8) is 0 Å². The number of nitrogens with zero attached hydrogens (tertiary/aromatic N) is 1. The number of hydrogen-bond donors (Lipinski definition) is 2. The smallest absolute Gasteiger partial charge is 0.324 e. The molecule has 14 heavy (non-hydrogen) atoms. The van der Waals surface area contributed by atoms with Crippen LogP contribution >= 0.6 is 0 Å². The molecule has 0 aromatic heterocycles. The van der Waals surface area contributed by atoms with Crippen molar-refractivity contribution in [2.45, 2.75) is 25.4 Å². The predicted molar refractivity (Wildman–Crippen MR) is 46.3 cm³/mol. The highest BCUT2D eigenvalue weighted by Gasteiger charge is 2.41. The molecule has 0 saturated carbocycles. The Kier molecular flexibility index (Phi) is 1.90. The van der Waals surface area contributed by atoms with Crippen LogP contribution in [-0.4, -0.2) is 41.4 Å². The first-order valence-electron chi connectivity index (χ1n) is 4.49. The first-order chi connectivity index (χ1) is 6.58. The molecule has 0 aromatic rings. The molecule has 6 heteroatoms. The third-order valence-electron chi connectivity index (χ3n) is 2.42. The van der Waals surface area contributed by atoms with Crippen molar-refractivity contribution in [1.29, 1.82) is 0 Å². The topological polar surface area (TPSA) is 78.5 Å². The molecule has 0 aromatic carbocycles. The van der Waals surface area contributed by atoms with Crippen molar-refractivity contribution in [3.8, 4) is 0 Å². The van der Waals surface area contributed by atoms with Crippen LogP contribution in [0.25, 0.3) is 0 Å². The van der Waals surface area contributed by atoms with Crippen LogP contribution in [0, 0.1) is 0 Å². The maximum atomic E-state index is 11.4. The Morgan fingerprint density at radius 1 is 1.36 bits per heavy atom. The molecule has 6 nitrogen and oxygen atoms in total. The molecular weight excluding hydrogens is 186 g/mol. The molecule has 2 atom stereocenters. The van der Waals surface area contributed by atoms with E-state index in [-0.39, 0.29) is 24.3 Å². The fraction of sp³-hybridized carbons (Fsp3) is 0.625. The quantitative estimate of drug-likeness (QED) is 0.513. The molecule has 0 radical (unpaired) electrons. The second kappa shape index (κ2) is 2.97. The third-order valence-corrected chi connectivity index (χ3v) is 2.42. The lowest BCUT2D eigenvalue weighted by molar-refractivity contribution is -0.135. The maximum Gasteiger partial charge on any atom is 0.324 e. The van der Waals surface area contributed by atoms with Gasteiger partial charge in [-0.05, 0) is 6.92 Å². The summed E-state index contributed by atoms with van der Waals surface area (Å²) in [5.41, 5.74) is 0. The van der Waals surface area contributed by atoms with Crippen molar-refractivity contribution in [1.82, 2.24) is 15.5 Å². The van der Waals surface area contributed by atoms with E-state index < -0.39 is 12.1 Å². The lowest BCUT2D eigenvalue weighted by atomic mass is 10.0. The monoisotopic (exact) mass is 197 g/mol. The van der Waals surface area contributed by atoms with Gasteiger partial charge in [0, 0.05) is 12.6 Å². The first-order valence-corrected chi connectivity index (χ1v) is 4.49. The lowest BCUT2D eigenvalue weighted by Gasteiger charge is -2.40. The van der Waals surface area contributed by atoms with Gasteiger partial charge >= 0.3 is 6.03 Å². The molecule has 2 fully saturated rings. The van der Waals surface area contributed by atoms with Crippen LogP contribution < -0.4 is 10.6 Å². The number of rotatable bonds is 0. The highest BCUT2D eigenvalue weighted by Crippen LogP contribution is 2.15. The molecule has 2 saturated heterocycles. The Bertz CT molecular complexity index is 315.